The summed E-state index contributed by atoms with van der Waals surface area (Å²) in [5.74, 6) is 1.80. The summed E-state index contributed by atoms with van der Waals surface area (Å²) in [5.41, 5.74) is 0. The molecule has 0 saturated carbocycles. The molecule has 0 aliphatic carbocycles. The van der Waals surface area contributed by atoms with Crippen molar-refractivity contribution in [1.82, 2.24) is 14.9 Å². The Kier molecular flexibility index (Phi) is 5.53. The van der Waals surface area contributed by atoms with Gasteiger partial charge in [-0.3, -0.25) is 0 Å². The third-order valence-corrected chi connectivity index (χ3v) is 3.06. The maximum atomic E-state index is 4.47. The monoisotopic (exact) mass is 223 g/mol. The van der Waals surface area contributed by atoms with Crippen LogP contribution >= 0.6 is 0 Å². The second-order valence-corrected chi connectivity index (χ2v) is 4.59. The molecule has 0 amide bonds. The standard InChI is InChI=1S/C13H25N3/c1-5-7-11(3)12(14-8-6-2)13-15-9-10-16(13)4/h9-12,14H,5-8H2,1-4H3. The van der Waals surface area contributed by atoms with Gasteiger partial charge in [0.2, 0.25) is 0 Å². The summed E-state index contributed by atoms with van der Waals surface area (Å²) in [6.45, 7) is 7.82. The molecule has 2 unspecified atom stereocenters. The van der Waals surface area contributed by atoms with Gasteiger partial charge in [0.1, 0.15) is 5.82 Å². The minimum Gasteiger partial charge on any atom is -0.337 e. The Bertz CT molecular complexity index is 293. The van der Waals surface area contributed by atoms with E-state index in [1.165, 1.54) is 19.3 Å². The molecule has 0 aliphatic rings. The highest BCUT2D eigenvalue weighted by Gasteiger charge is 2.21. The molecule has 1 N–H and O–H groups in total. The molecule has 0 radical (unpaired) electrons. The topological polar surface area (TPSA) is 29.9 Å². The van der Waals surface area contributed by atoms with Crippen LogP contribution in [0.3, 0.4) is 0 Å². The second-order valence-electron chi connectivity index (χ2n) is 4.59. The fourth-order valence-corrected chi connectivity index (χ4v) is 2.15. The third-order valence-electron chi connectivity index (χ3n) is 3.06. The smallest absolute Gasteiger partial charge is 0.125 e. The van der Waals surface area contributed by atoms with Crippen molar-refractivity contribution in [3.63, 3.8) is 0 Å². The summed E-state index contributed by atoms with van der Waals surface area (Å²) in [6, 6.07) is 0.389. The quantitative estimate of drug-likeness (QED) is 0.770. The van der Waals surface area contributed by atoms with Gasteiger partial charge in [-0.1, -0.05) is 27.2 Å². The fourth-order valence-electron chi connectivity index (χ4n) is 2.15. The highest BCUT2D eigenvalue weighted by molar-refractivity contribution is 5.00. The number of hydrogen-bond donors (Lipinski definition) is 1. The van der Waals surface area contributed by atoms with E-state index in [9.17, 15) is 0 Å². The predicted octanol–water partition coefficient (Wildman–Crippen LogP) is 2.90. The zero-order valence-electron chi connectivity index (χ0n) is 11.0. The maximum Gasteiger partial charge on any atom is 0.125 e. The van der Waals surface area contributed by atoms with Gasteiger partial charge >= 0.3 is 0 Å². The zero-order valence-corrected chi connectivity index (χ0v) is 11.0. The molecule has 1 aromatic rings. The minimum absolute atomic E-state index is 0.389. The lowest BCUT2D eigenvalue weighted by Crippen LogP contribution is -2.30. The van der Waals surface area contributed by atoms with Crippen molar-refractivity contribution in [2.45, 2.75) is 46.1 Å². The van der Waals surface area contributed by atoms with Crippen LogP contribution in [0.2, 0.25) is 0 Å². The van der Waals surface area contributed by atoms with Crippen LogP contribution in [0.25, 0.3) is 0 Å². The average molecular weight is 223 g/mol. The van der Waals surface area contributed by atoms with E-state index >= 15 is 0 Å². The number of imidazole rings is 1. The maximum absolute atomic E-state index is 4.47. The number of nitrogens with zero attached hydrogens (tertiary/aromatic N) is 2. The third kappa shape index (κ3) is 3.34. The SMILES string of the molecule is CCCNC(c1nccn1C)C(C)CCC. The first-order valence-electron chi connectivity index (χ1n) is 6.41. The summed E-state index contributed by atoms with van der Waals surface area (Å²) in [4.78, 5) is 4.47. The molecule has 0 bridgehead atoms. The molecule has 1 rings (SSSR count). The Morgan fingerprint density at radius 1 is 1.38 bits per heavy atom. The lowest BCUT2D eigenvalue weighted by molar-refractivity contribution is 0.343. The van der Waals surface area contributed by atoms with Crippen molar-refractivity contribution in [2.24, 2.45) is 13.0 Å². The van der Waals surface area contributed by atoms with Crippen LogP contribution < -0.4 is 5.32 Å². The van der Waals surface area contributed by atoms with E-state index in [0.717, 1.165) is 12.4 Å². The number of aryl methyl sites for hydroxylation is 1. The lowest BCUT2D eigenvalue weighted by atomic mass is 9.96. The van der Waals surface area contributed by atoms with Crippen LogP contribution in [-0.4, -0.2) is 16.1 Å². The van der Waals surface area contributed by atoms with Crippen molar-refractivity contribution in [3.05, 3.63) is 18.2 Å². The largest absolute Gasteiger partial charge is 0.337 e. The van der Waals surface area contributed by atoms with Gasteiger partial charge in [0.15, 0.2) is 0 Å². The molecule has 92 valence electrons. The average Bonchev–Trinajstić information content (AvgIpc) is 2.66. The van der Waals surface area contributed by atoms with E-state index < -0.39 is 0 Å². The molecule has 0 fully saturated rings. The predicted molar refractivity (Wildman–Crippen MR) is 68.3 cm³/mol. The molecule has 0 saturated heterocycles. The summed E-state index contributed by atoms with van der Waals surface area (Å²) in [6.07, 6.45) is 7.55. The van der Waals surface area contributed by atoms with Crippen LogP contribution in [0.15, 0.2) is 12.4 Å². The van der Waals surface area contributed by atoms with Gasteiger partial charge in [0, 0.05) is 19.4 Å². The van der Waals surface area contributed by atoms with Crippen molar-refractivity contribution in [1.29, 1.82) is 0 Å². The van der Waals surface area contributed by atoms with Crippen LogP contribution in [0.1, 0.15) is 51.9 Å². The Labute approximate surface area is 99.3 Å². The minimum atomic E-state index is 0.389. The fraction of sp³-hybridized carbons (Fsp3) is 0.769. The van der Waals surface area contributed by atoms with Crippen LogP contribution in [0.5, 0.6) is 0 Å². The first-order chi connectivity index (χ1) is 7.70. The van der Waals surface area contributed by atoms with E-state index in [-0.39, 0.29) is 0 Å². The van der Waals surface area contributed by atoms with E-state index in [1.807, 2.05) is 12.4 Å². The van der Waals surface area contributed by atoms with Gasteiger partial charge in [-0.15, -0.1) is 0 Å². The highest BCUT2D eigenvalue weighted by Crippen LogP contribution is 2.23. The first kappa shape index (κ1) is 13.2. The molecule has 0 spiro atoms. The normalized spacial score (nSPS) is 15.0. The first-order valence-corrected chi connectivity index (χ1v) is 6.41. The Balaban J connectivity index is 2.74. The van der Waals surface area contributed by atoms with Gasteiger partial charge in [-0.2, -0.15) is 0 Å². The van der Waals surface area contributed by atoms with Gasteiger partial charge in [0.25, 0.3) is 0 Å². The number of nitrogens with one attached hydrogen (secondary N) is 1. The summed E-state index contributed by atoms with van der Waals surface area (Å²) in [7, 11) is 2.07. The Hall–Kier alpha value is -0.830. The Morgan fingerprint density at radius 2 is 2.12 bits per heavy atom. The number of aromatic nitrogens is 2. The Morgan fingerprint density at radius 3 is 2.62 bits per heavy atom. The van der Waals surface area contributed by atoms with Crippen molar-refractivity contribution < 1.29 is 0 Å². The van der Waals surface area contributed by atoms with Gasteiger partial charge in [-0.05, 0) is 25.3 Å². The molecule has 1 heterocycles. The molecule has 3 heteroatoms. The van der Waals surface area contributed by atoms with Gasteiger partial charge < -0.3 is 9.88 Å². The van der Waals surface area contributed by atoms with Crippen LogP contribution in [0.4, 0.5) is 0 Å². The van der Waals surface area contributed by atoms with Gasteiger partial charge in [0.05, 0.1) is 6.04 Å². The molecule has 16 heavy (non-hydrogen) atoms. The highest BCUT2D eigenvalue weighted by atomic mass is 15.1. The number of hydrogen-bond acceptors (Lipinski definition) is 2. The molecule has 1 aromatic heterocycles. The summed E-state index contributed by atoms with van der Waals surface area (Å²) < 4.78 is 2.12. The molecular weight excluding hydrogens is 198 g/mol. The van der Waals surface area contributed by atoms with Crippen LogP contribution in [0, 0.1) is 5.92 Å². The van der Waals surface area contributed by atoms with Crippen molar-refractivity contribution in [3.8, 4) is 0 Å². The van der Waals surface area contributed by atoms with E-state index in [0.29, 0.717) is 12.0 Å². The van der Waals surface area contributed by atoms with E-state index in [4.69, 9.17) is 0 Å². The van der Waals surface area contributed by atoms with Crippen molar-refractivity contribution in [2.75, 3.05) is 6.54 Å². The van der Waals surface area contributed by atoms with Crippen molar-refractivity contribution >= 4 is 0 Å². The molecular formula is C13H25N3. The summed E-state index contributed by atoms with van der Waals surface area (Å²) in [5, 5.41) is 3.61. The molecule has 0 aromatic carbocycles. The lowest BCUT2D eigenvalue weighted by Gasteiger charge is -2.24. The molecule has 2 atom stereocenters. The number of rotatable bonds is 7. The van der Waals surface area contributed by atoms with E-state index in [2.05, 4.69) is 42.7 Å². The zero-order chi connectivity index (χ0) is 12.0. The summed E-state index contributed by atoms with van der Waals surface area (Å²) >= 11 is 0. The van der Waals surface area contributed by atoms with E-state index in [1.54, 1.807) is 0 Å². The van der Waals surface area contributed by atoms with Crippen LogP contribution in [-0.2, 0) is 7.05 Å². The van der Waals surface area contributed by atoms with Gasteiger partial charge in [-0.25, -0.2) is 4.98 Å². The molecule has 3 nitrogen and oxygen atoms in total. The second kappa shape index (κ2) is 6.69. The molecule has 0 aliphatic heterocycles.